The minimum atomic E-state index is -0.159. The lowest BCUT2D eigenvalue weighted by molar-refractivity contribution is -0.944. The molecule has 3 nitrogen and oxygen atoms in total. The lowest BCUT2D eigenvalue weighted by Crippen LogP contribution is -2.64. The maximum atomic E-state index is 12.2. The number of carbonyl (C=O) groups is 1. The molecule has 0 N–H and O–H groups in total. The second kappa shape index (κ2) is 4.97. The first-order valence-corrected chi connectivity index (χ1v) is 7.33. The smallest absolute Gasteiger partial charge is 0.338 e. The van der Waals surface area contributed by atoms with Crippen LogP contribution in [0.2, 0.25) is 0 Å². The van der Waals surface area contributed by atoms with Crippen LogP contribution in [0.4, 0.5) is 0 Å². The van der Waals surface area contributed by atoms with Crippen molar-refractivity contribution in [2.24, 2.45) is 5.92 Å². The molecule has 1 aromatic carbocycles. The molecule has 0 aliphatic carbocycles. The van der Waals surface area contributed by atoms with Crippen molar-refractivity contribution >= 4 is 5.97 Å². The summed E-state index contributed by atoms with van der Waals surface area (Å²) in [6, 6.07) is 9.34. The number of hydrogen-bond acceptors (Lipinski definition) is 2. The molecule has 0 unspecified atom stereocenters. The van der Waals surface area contributed by atoms with Crippen LogP contribution in [-0.4, -0.2) is 42.7 Å². The Labute approximate surface area is 114 Å². The highest BCUT2D eigenvalue weighted by molar-refractivity contribution is 5.89. The molecule has 2 bridgehead atoms. The van der Waals surface area contributed by atoms with Gasteiger partial charge in [0.2, 0.25) is 0 Å². The summed E-state index contributed by atoms with van der Waals surface area (Å²) in [6.45, 7) is 6.95. The third-order valence-corrected chi connectivity index (χ3v) is 4.98. The molecule has 3 fully saturated rings. The number of hydrogen-bond donors (Lipinski definition) is 0. The van der Waals surface area contributed by atoms with Gasteiger partial charge in [0.15, 0.2) is 6.10 Å². The van der Waals surface area contributed by atoms with Crippen molar-refractivity contribution in [1.82, 2.24) is 0 Å². The van der Waals surface area contributed by atoms with E-state index in [1.165, 1.54) is 25.9 Å². The van der Waals surface area contributed by atoms with Gasteiger partial charge in [0.25, 0.3) is 0 Å². The summed E-state index contributed by atoms with van der Waals surface area (Å²) in [4.78, 5) is 12.2. The molecule has 1 atom stereocenters. The predicted molar refractivity (Wildman–Crippen MR) is 73.8 cm³/mol. The van der Waals surface area contributed by atoms with Crippen LogP contribution in [0, 0.1) is 5.92 Å². The van der Waals surface area contributed by atoms with Gasteiger partial charge in [0.05, 0.1) is 25.2 Å². The molecule has 4 rings (SSSR count). The maximum Gasteiger partial charge on any atom is 0.338 e. The molecule has 0 radical (unpaired) electrons. The third-order valence-electron chi connectivity index (χ3n) is 4.98. The van der Waals surface area contributed by atoms with Crippen LogP contribution in [0.5, 0.6) is 0 Å². The van der Waals surface area contributed by atoms with E-state index in [1.54, 1.807) is 0 Å². The number of rotatable bonds is 3. The fourth-order valence-electron chi connectivity index (χ4n) is 3.58. The van der Waals surface area contributed by atoms with Crippen LogP contribution in [0.1, 0.15) is 30.1 Å². The van der Waals surface area contributed by atoms with Gasteiger partial charge in [-0.25, -0.2) is 4.79 Å². The second-order valence-corrected chi connectivity index (χ2v) is 5.93. The molecule has 0 spiro atoms. The van der Waals surface area contributed by atoms with Gasteiger partial charge >= 0.3 is 5.97 Å². The average Bonchev–Trinajstić information content (AvgIpc) is 2.49. The highest BCUT2D eigenvalue weighted by Crippen LogP contribution is 2.35. The van der Waals surface area contributed by atoms with Gasteiger partial charge in [-0.15, -0.1) is 0 Å². The van der Waals surface area contributed by atoms with Gasteiger partial charge in [-0.2, -0.15) is 0 Å². The van der Waals surface area contributed by atoms with Crippen LogP contribution >= 0.6 is 0 Å². The van der Waals surface area contributed by atoms with Crippen molar-refractivity contribution < 1.29 is 14.0 Å². The molecule has 0 aromatic heterocycles. The van der Waals surface area contributed by atoms with E-state index < -0.39 is 0 Å². The molecule has 3 heteroatoms. The number of benzene rings is 1. The fourth-order valence-corrected chi connectivity index (χ4v) is 3.58. The summed E-state index contributed by atoms with van der Waals surface area (Å²) in [6.07, 6.45) is 2.54. The highest BCUT2D eigenvalue weighted by Gasteiger charge is 2.46. The van der Waals surface area contributed by atoms with E-state index >= 15 is 0 Å². The molecule has 0 amide bonds. The van der Waals surface area contributed by atoms with Crippen molar-refractivity contribution in [2.45, 2.75) is 25.9 Å². The van der Waals surface area contributed by atoms with Gasteiger partial charge in [-0.05, 0) is 19.1 Å². The third kappa shape index (κ3) is 2.39. The summed E-state index contributed by atoms with van der Waals surface area (Å²) in [5.74, 6) is 0.424. The Morgan fingerprint density at radius 3 is 2.58 bits per heavy atom. The normalized spacial score (nSPS) is 33.1. The number of carbonyl (C=O) groups excluding carboxylic acids is 1. The highest BCUT2D eigenvalue weighted by atomic mass is 16.5. The van der Waals surface area contributed by atoms with Gasteiger partial charge in [-0.1, -0.05) is 18.2 Å². The molecule has 3 saturated heterocycles. The van der Waals surface area contributed by atoms with Crippen LogP contribution < -0.4 is 0 Å². The summed E-state index contributed by atoms with van der Waals surface area (Å²) >= 11 is 0. The Bertz CT molecular complexity index is 449. The first-order valence-electron chi connectivity index (χ1n) is 7.33. The lowest BCUT2D eigenvalue weighted by atomic mass is 9.83. The lowest BCUT2D eigenvalue weighted by Gasteiger charge is -2.51. The number of quaternary nitrogens is 1. The SMILES string of the molecule is CC[N+]12CCC(CC1)[C@H](OC(=O)c1ccccc1)C2. The molecular weight excluding hydrogens is 238 g/mol. The Morgan fingerprint density at radius 2 is 1.95 bits per heavy atom. The van der Waals surface area contributed by atoms with Gasteiger partial charge < -0.3 is 9.22 Å². The standard InChI is InChI=1S/C16H22NO2/c1-2-17-10-8-13(9-11-17)15(12-17)19-16(18)14-6-4-3-5-7-14/h3-7,13,15H,2,8-12H2,1H3/q+1/t13?,15-,17?/m1/s1. The molecule has 19 heavy (non-hydrogen) atoms. The summed E-state index contributed by atoms with van der Waals surface area (Å²) in [5, 5.41) is 0. The molecule has 3 heterocycles. The summed E-state index contributed by atoms with van der Waals surface area (Å²) in [7, 11) is 0. The van der Waals surface area contributed by atoms with E-state index in [-0.39, 0.29) is 12.1 Å². The zero-order chi connectivity index (χ0) is 13.3. The van der Waals surface area contributed by atoms with E-state index in [0.29, 0.717) is 11.5 Å². The zero-order valence-electron chi connectivity index (χ0n) is 11.5. The quantitative estimate of drug-likeness (QED) is 0.616. The largest absolute Gasteiger partial charge is 0.452 e. The molecule has 3 aliphatic heterocycles. The Balaban J connectivity index is 1.69. The van der Waals surface area contributed by atoms with Crippen LogP contribution in [0.25, 0.3) is 0 Å². The molecule has 0 saturated carbocycles. The molecule has 1 aromatic rings. The van der Waals surface area contributed by atoms with Crippen molar-refractivity contribution in [2.75, 3.05) is 26.2 Å². The van der Waals surface area contributed by atoms with Crippen molar-refractivity contribution in [3.63, 3.8) is 0 Å². The van der Waals surface area contributed by atoms with E-state index in [1.807, 2.05) is 30.3 Å². The molecular formula is C16H22NO2+. The van der Waals surface area contributed by atoms with Crippen molar-refractivity contribution in [3.8, 4) is 0 Å². The number of nitrogens with zero attached hydrogens (tertiary/aromatic N) is 1. The van der Waals surface area contributed by atoms with Crippen molar-refractivity contribution in [1.29, 1.82) is 0 Å². The van der Waals surface area contributed by atoms with Crippen LogP contribution in [-0.2, 0) is 4.74 Å². The van der Waals surface area contributed by atoms with E-state index in [9.17, 15) is 4.79 Å². The Hall–Kier alpha value is -1.35. The van der Waals surface area contributed by atoms with E-state index in [2.05, 4.69) is 6.92 Å². The topological polar surface area (TPSA) is 26.3 Å². The number of fused-ring (bicyclic) bond motifs is 3. The Kier molecular flexibility index (Phi) is 3.31. The van der Waals surface area contributed by atoms with Crippen LogP contribution in [0.3, 0.4) is 0 Å². The number of ether oxygens (including phenoxy) is 1. The van der Waals surface area contributed by atoms with Gasteiger partial charge in [0, 0.05) is 18.8 Å². The predicted octanol–water partition coefficient (Wildman–Crippen LogP) is 2.47. The minimum absolute atomic E-state index is 0.121. The Morgan fingerprint density at radius 1 is 1.26 bits per heavy atom. The van der Waals surface area contributed by atoms with Crippen molar-refractivity contribution in [3.05, 3.63) is 35.9 Å². The average molecular weight is 260 g/mol. The second-order valence-electron chi connectivity index (χ2n) is 5.93. The summed E-state index contributed by atoms with van der Waals surface area (Å²) < 4.78 is 6.93. The van der Waals surface area contributed by atoms with Gasteiger partial charge in [0.1, 0.15) is 6.54 Å². The molecule has 3 aliphatic rings. The van der Waals surface area contributed by atoms with E-state index in [4.69, 9.17) is 4.74 Å². The molecule has 102 valence electrons. The van der Waals surface area contributed by atoms with Gasteiger partial charge in [-0.3, -0.25) is 0 Å². The fraction of sp³-hybridized carbons (Fsp3) is 0.562. The first kappa shape index (κ1) is 12.7. The number of piperidine rings is 3. The van der Waals surface area contributed by atoms with E-state index in [0.717, 1.165) is 17.6 Å². The first-order chi connectivity index (χ1) is 9.22. The van der Waals surface area contributed by atoms with Crippen LogP contribution in [0.15, 0.2) is 30.3 Å². The number of likely N-dealkylation sites (N-methyl/N-ethyl adjacent to an activating group) is 1. The minimum Gasteiger partial charge on any atom is -0.452 e. The maximum absolute atomic E-state index is 12.2. The number of esters is 1. The summed E-state index contributed by atoms with van der Waals surface area (Å²) in [5.41, 5.74) is 0.669. The zero-order valence-corrected chi connectivity index (χ0v) is 11.5. The monoisotopic (exact) mass is 260 g/mol.